The number of nitrogens with zero attached hydrogens (tertiary/aromatic N) is 6. The minimum Gasteiger partial charge on any atom is -0.383 e. The van der Waals surface area contributed by atoms with E-state index in [1.165, 1.54) is 29.9 Å². The Morgan fingerprint density at radius 2 is 1.95 bits per heavy atom. The van der Waals surface area contributed by atoms with E-state index >= 15 is 0 Å². The zero-order valence-electron chi connectivity index (χ0n) is 21.0. The first-order chi connectivity index (χ1) is 18.8. The highest BCUT2D eigenvalue weighted by Crippen LogP contribution is 2.36. The molecule has 0 saturated heterocycles. The summed E-state index contributed by atoms with van der Waals surface area (Å²) in [6, 6.07) is 10.6. The van der Waals surface area contributed by atoms with Gasteiger partial charge < -0.3 is 10.0 Å². The number of hydrogen-bond acceptors (Lipinski definition) is 8. The number of aryl methyl sites for hydroxylation is 2. The number of hydrogen-bond donors (Lipinski definition) is 1. The van der Waals surface area contributed by atoms with Crippen molar-refractivity contribution in [3.8, 4) is 28.3 Å². The topological polar surface area (TPSA) is 113 Å². The summed E-state index contributed by atoms with van der Waals surface area (Å²) in [4.78, 5) is 27.3. The van der Waals surface area contributed by atoms with Gasteiger partial charge in [-0.05, 0) is 44.0 Å². The number of pyridine rings is 2. The third-order valence-electron chi connectivity index (χ3n) is 6.70. The number of halogens is 2. The quantitative estimate of drug-likeness (QED) is 0.287. The van der Waals surface area contributed by atoms with Gasteiger partial charge >= 0.3 is 0 Å². The Balaban J connectivity index is 1.63. The maximum absolute atomic E-state index is 14.5. The molecule has 6 rings (SSSR count). The van der Waals surface area contributed by atoms with Crippen molar-refractivity contribution in [3.05, 3.63) is 87.3 Å². The number of nitrogens with two attached hydrogens (primary N) is 1. The number of thiazole rings is 1. The molecular formula is C27H21ClFN7O2S. The van der Waals surface area contributed by atoms with Gasteiger partial charge in [-0.2, -0.15) is 5.10 Å². The van der Waals surface area contributed by atoms with Gasteiger partial charge in [-0.15, -0.1) is 11.3 Å². The van der Waals surface area contributed by atoms with Crippen LogP contribution in [0, 0.1) is 19.7 Å². The lowest BCUT2D eigenvalue weighted by molar-refractivity contribution is 0.508. The summed E-state index contributed by atoms with van der Waals surface area (Å²) in [6.45, 7) is 5.83. The van der Waals surface area contributed by atoms with Gasteiger partial charge in [0.2, 0.25) is 0 Å². The van der Waals surface area contributed by atoms with Crippen molar-refractivity contribution < 1.29 is 8.68 Å². The van der Waals surface area contributed by atoms with E-state index in [9.17, 15) is 9.18 Å². The van der Waals surface area contributed by atoms with Gasteiger partial charge in [0.25, 0.3) is 11.4 Å². The van der Waals surface area contributed by atoms with Crippen LogP contribution in [-0.2, 0) is 0 Å². The third kappa shape index (κ3) is 4.01. The molecule has 1 atom stereocenters. The Kier molecular flexibility index (Phi) is 6.04. The molecule has 2 N–H and O–H groups in total. The molecule has 0 fully saturated rings. The largest absolute Gasteiger partial charge is 0.383 e. The molecule has 5 heterocycles. The van der Waals surface area contributed by atoms with E-state index < -0.39 is 11.9 Å². The summed E-state index contributed by atoms with van der Waals surface area (Å²) in [5.74, 6) is -0.943. The van der Waals surface area contributed by atoms with Crippen molar-refractivity contribution >= 4 is 44.9 Å². The standard InChI is InChI=1S/C27H21ClFN7O2S/c1-13-5-4-6-16(7-13)21-18(9-20-35(27(21)37)14(2)11-39-20)15(3)36-25-22(24(30)32-12-33-25)23(34-36)17-8-19(29)26(38-28)31-10-17/h4-12,15H,1-3H3,(H2,30,32,33)/t15-/m0/s1. The molecule has 0 aliphatic heterocycles. The predicted molar refractivity (Wildman–Crippen MR) is 150 cm³/mol. The van der Waals surface area contributed by atoms with Crippen LogP contribution in [-0.4, -0.2) is 29.1 Å². The average molecular weight is 562 g/mol. The zero-order chi connectivity index (χ0) is 27.4. The molecule has 0 aliphatic rings. The lowest BCUT2D eigenvalue weighted by Gasteiger charge is -2.18. The van der Waals surface area contributed by atoms with Gasteiger partial charge in [0.05, 0.1) is 17.0 Å². The fraction of sp³-hybridized carbons (Fsp3) is 0.148. The van der Waals surface area contributed by atoms with Crippen molar-refractivity contribution in [1.82, 2.24) is 29.1 Å². The summed E-state index contributed by atoms with van der Waals surface area (Å²) in [5, 5.41) is 7.20. The highest BCUT2D eigenvalue weighted by atomic mass is 35.5. The van der Waals surface area contributed by atoms with Crippen LogP contribution in [0.5, 0.6) is 5.88 Å². The van der Waals surface area contributed by atoms with Gasteiger partial charge in [0.15, 0.2) is 11.5 Å². The Morgan fingerprint density at radius 3 is 2.69 bits per heavy atom. The van der Waals surface area contributed by atoms with Gasteiger partial charge in [0.1, 0.15) is 34.5 Å². The van der Waals surface area contributed by atoms with Crippen LogP contribution in [0.1, 0.15) is 29.8 Å². The Hall–Kier alpha value is -4.35. The fourth-order valence-corrected chi connectivity index (χ4v) is 5.89. The zero-order valence-corrected chi connectivity index (χ0v) is 22.6. The van der Waals surface area contributed by atoms with E-state index in [0.717, 1.165) is 27.2 Å². The molecule has 5 aromatic heterocycles. The van der Waals surface area contributed by atoms with Crippen LogP contribution < -0.4 is 15.6 Å². The van der Waals surface area contributed by atoms with E-state index in [0.29, 0.717) is 27.9 Å². The van der Waals surface area contributed by atoms with E-state index in [1.807, 2.05) is 56.5 Å². The molecule has 196 valence electrons. The van der Waals surface area contributed by atoms with Gasteiger partial charge in [-0.3, -0.25) is 9.20 Å². The smallest absolute Gasteiger partial charge is 0.272 e. The van der Waals surface area contributed by atoms with E-state index in [4.69, 9.17) is 22.7 Å². The molecule has 1 aromatic carbocycles. The first kappa shape index (κ1) is 25.0. The van der Waals surface area contributed by atoms with Gasteiger partial charge in [0, 0.05) is 22.8 Å². The van der Waals surface area contributed by atoms with Crippen LogP contribution in [0.3, 0.4) is 0 Å². The highest BCUT2D eigenvalue weighted by molar-refractivity contribution is 7.15. The molecular weight excluding hydrogens is 541 g/mol. The highest BCUT2D eigenvalue weighted by Gasteiger charge is 2.26. The van der Waals surface area contributed by atoms with Crippen molar-refractivity contribution in [2.75, 3.05) is 5.73 Å². The number of aromatic nitrogens is 6. The minimum atomic E-state index is -0.762. The fourth-order valence-electron chi connectivity index (χ4n) is 4.86. The molecule has 0 bridgehead atoms. The molecule has 39 heavy (non-hydrogen) atoms. The molecule has 6 aromatic rings. The van der Waals surface area contributed by atoms with E-state index in [2.05, 4.69) is 19.2 Å². The second-order valence-electron chi connectivity index (χ2n) is 9.21. The SMILES string of the molecule is Cc1cccc(-c2c([C@H](C)n3nc(-c4cnc(OCl)c(F)c4)c4c(N)ncnc43)cc3scc(C)n3c2=O)c1. The average Bonchev–Trinajstić information content (AvgIpc) is 3.50. The van der Waals surface area contributed by atoms with Crippen molar-refractivity contribution in [3.63, 3.8) is 0 Å². The second-order valence-corrected chi connectivity index (χ2v) is 10.3. The van der Waals surface area contributed by atoms with E-state index in [1.54, 1.807) is 9.08 Å². The molecule has 0 spiro atoms. The summed E-state index contributed by atoms with van der Waals surface area (Å²) in [7, 11) is 0. The molecule has 0 unspecified atom stereocenters. The van der Waals surface area contributed by atoms with Crippen molar-refractivity contribution in [1.29, 1.82) is 0 Å². The van der Waals surface area contributed by atoms with Gasteiger partial charge in [-0.25, -0.2) is 24.0 Å². The van der Waals surface area contributed by atoms with Crippen molar-refractivity contribution in [2.24, 2.45) is 0 Å². The normalized spacial score (nSPS) is 12.3. The Bertz CT molecular complexity index is 1970. The molecule has 0 amide bonds. The van der Waals surface area contributed by atoms with Crippen LogP contribution in [0.25, 0.3) is 38.2 Å². The van der Waals surface area contributed by atoms with Crippen LogP contribution >= 0.6 is 23.2 Å². The molecule has 9 nitrogen and oxygen atoms in total. The first-order valence-electron chi connectivity index (χ1n) is 11.9. The number of fused-ring (bicyclic) bond motifs is 2. The Labute approximate surface area is 230 Å². The third-order valence-corrected chi connectivity index (χ3v) is 7.85. The maximum Gasteiger partial charge on any atom is 0.272 e. The number of benzene rings is 1. The number of nitrogen functional groups attached to an aromatic ring is 1. The van der Waals surface area contributed by atoms with Crippen molar-refractivity contribution in [2.45, 2.75) is 26.8 Å². The Morgan fingerprint density at radius 1 is 1.13 bits per heavy atom. The van der Waals surface area contributed by atoms with Gasteiger partial charge in [-0.1, -0.05) is 29.8 Å². The predicted octanol–water partition coefficient (Wildman–Crippen LogP) is 5.71. The van der Waals surface area contributed by atoms with E-state index in [-0.39, 0.29) is 17.3 Å². The van der Waals surface area contributed by atoms with Crippen LogP contribution in [0.2, 0.25) is 0 Å². The molecule has 12 heteroatoms. The lowest BCUT2D eigenvalue weighted by Crippen LogP contribution is -2.21. The lowest BCUT2D eigenvalue weighted by atomic mass is 9.96. The molecule has 0 saturated carbocycles. The summed E-state index contributed by atoms with van der Waals surface area (Å²) < 4.78 is 22.4. The summed E-state index contributed by atoms with van der Waals surface area (Å²) in [5.41, 5.74) is 11.3. The van der Waals surface area contributed by atoms with Crippen LogP contribution in [0.4, 0.5) is 10.2 Å². The first-order valence-corrected chi connectivity index (χ1v) is 13.1. The maximum atomic E-state index is 14.5. The summed E-state index contributed by atoms with van der Waals surface area (Å²) >= 11 is 6.80. The number of anilines is 1. The second kappa shape index (κ2) is 9.44. The van der Waals surface area contributed by atoms with Crippen LogP contribution in [0.15, 0.2) is 59.1 Å². The summed E-state index contributed by atoms with van der Waals surface area (Å²) in [6.07, 6.45) is 2.73. The monoisotopic (exact) mass is 561 g/mol. The number of rotatable bonds is 5. The molecule has 0 aliphatic carbocycles. The minimum absolute atomic E-state index is 0.118. The molecule has 0 radical (unpaired) electrons.